The highest BCUT2D eigenvalue weighted by atomic mass is 16.2. The molecule has 1 aliphatic heterocycles. The van der Waals surface area contributed by atoms with E-state index in [0.29, 0.717) is 5.57 Å². The molecule has 2 amide bonds. The predicted molar refractivity (Wildman–Crippen MR) is 57.0 cm³/mol. The highest BCUT2D eigenvalue weighted by molar-refractivity contribution is 5.98. The minimum atomic E-state index is -1.00. The average Bonchev–Trinajstić information content (AvgIpc) is 1.99. The Bertz CT molecular complexity index is 326. The van der Waals surface area contributed by atoms with E-state index in [1.54, 1.807) is 20.8 Å². The summed E-state index contributed by atoms with van der Waals surface area (Å²) in [5, 5.41) is 5.66. The van der Waals surface area contributed by atoms with Crippen molar-refractivity contribution < 1.29 is 9.59 Å². The molecule has 0 aliphatic carbocycles. The molecule has 0 saturated carbocycles. The molecule has 5 nitrogen and oxygen atoms in total. The molecule has 5 heteroatoms. The second-order valence-electron chi connectivity index (χ2n) is 4.28. The van der Waals surface area contributed by atoms with Gasteiger partial charge in [0.15, 0.2) is 0 Å². The van der Waals surface area contributed by atoms with Crippen molar-refractivity contribution in [1.29, 1.82) is 0 Å². The first-order chi connectivity index (χ1) is 6.84. The summed E-state index contributed by atoms with van der Waals surface area (Å²) in [5.41, 5.74) is 5.90. The number of hydrogen-bond donors (Lipinski definition) is 3. The summed E-state index contributed by atoms with van der Waals surface area (Å²) in [6.07, 6.45) is 0. The third kappa shape index (κ3) is 2.56. The molecule has 1 saturated heterocycles. The summed E-state index contributed by atoms with van der Waals surface area (Å²) in [6.45, 7) is 6.42. The molecule has 1 rings (SSSR count). The standard InChI is InChI=1S/C10H17N3O2/c1-6(7-4-12-5-7)8(14)13-10(2,3)9(11)15/h12H,4-5H2,1-3H3,(H2,11,15)(H,13,14). The molecule has 0 spiro atoms. The Balaban J connectivity index is 2.67. The Morgan fingerprint density at radius 3 is 2.27 bits per heavy atom. The average molecular weight is 211 g/mol. The lowest BCUT2D eigenvalue weighted by atomic mass is 10.0. The van der Waals surface area contributed by atoms with Gasteiger partial charge < -0.3 is 16.4 Å². The Kier molecular flexibility index (Phi) is 3.14. The molecule has 0 aromatic rings. The third-order valence-electron chi connectivity index (χ3n) is 2.59. The van der Waals surface area contributed by atoms with Crippen LogP contribution < -0.4 is 16.4 Å². The van der Waals surface area contributed by atoms with E-state index in [1.165, 1.54) is 0 Å². The summed E-state index contributed by atoms with van der Waals surface area (Å²) in [6, 6.07) is 0. The fourth-order valence-electron chi connectivity index (χ4n) is 1.11. The van der Waals surface area contributed by atoms with Gasteiger partial charge in [0.05, 0.1) is 0 Å². The van der Waals surface area contributed by atoms with Crippen molar-refractivity contribution in [2.45, 2.75) is 26.3 Å². The smallest absolute Gasteiger partial charge is 0.247 e. The van der Waals surface area contributed by atoms with Crippen molar-refractivity contribution in [1.82, 2.24) is 10.6 Å². The van der Waals surface area contributed by atoms with Crippen molar-refractivity contribution in [2.24, 2.45) is 5.73 Å². The van der Waals surface area contributed by atoms with Gasteiger partial charge in [-0.1, -0.05) is 0 Å². The van der Waals surface area contributed by atoms with E-state index < -0.39 is 11.4 Å². The van der Waals surface area contributed by atoms with Gasteiger partial charge in [0, 0.05) is 18.7 Å². The van der Waals surface area contributed by atoms with Gasteiger partial charge in [-0.15, -0.1) is 0 Å². The number of nitrogens with one attached hydrogen (secondary N) is 2. The zero-order chi connectivity index (χ0) is 11.6. The van der Waals surface area contributed by atoms with Crippen LogP contribution in [0.15, 0.2) is 11.1 Å². The molecule has 0 atom stereocenters. The Hall–Kier alpha value is -1.36. The molecule has 4 N–H and O–H groups in total. The summed E-state index contributed by atoms with van der Waals surface area (Å²) in [5.74, 6) is -0.768. The minimum Gasteiger partial charge on any atom is -0.368 e. The van der Waals surface area contributed by atoms with Crippen LogP contribution in [0.2, 0.25) is 0 Å². The SMILES string of the molecule is CC(C(=O)NC(C)(C)C(N)=O)=C1CNC1. The molecule has 0 aromatic heterocycles. The van der Waals surface area contributed by atoms with Crippen molar-refractivity contribution in [3.8, 4) is 0 Å². The maximum absolute atomic E-state index is 11.7. The summed E-state index contributed by atoms with van der Waals surface area (Å²) >= 11 is 0. The largest absolute Gasteiger partial charge is 0.368 e. The first kappa shape index (κ1) is 11.7. The highest BCUT2D eigenvalue weighted by Gasteiger charge is 2.28. The van der Waals surface area contributed by atoms with Crippen LogP contribution in [-0.2, 0) is 9.59 Å². The monoisotopic (exact) mass is 211 g/mol. The Morgan fingerprint density at radius 1 is 1.40 bits per heavy atom. The van der Waals surface area contributed by atoms with Crippen LogP contribution >= 0.6 is 0 Å². The van der Waals surface area contributed by atoms with E-state index in [9.17, 15) is 9.59 Å². The first-order valence-electron chi connectivity index (χ1n) is 4.86. The molecule has 0 bridgehead atoms. The van der Waals surface area contributed by atoms with Crippen LogP contribution in [0.3, 0.4) is 0 Å². The number of carbonyl (C=O) groups excluding carboxylic acids is 2. The van der Waals surface area contributed by atoms with E-state index >= 15 is 0 Å². The highest BCUT2D eigenvalue weighted by Crippen LogP contribution is 2.10. The van der Waals surface area contributed by atoms with Crippen molar-refractivity contribution in [3.05, 3.63) is 11.1 Å². The lowest BCUT2D eigenvalue weighted by molar-refractivity contribution is -0.128. The van der Waals surface area contributed by atoms with Gasteiger partial charge >= 0.3 is 0 Å². The number of nitrogens with two attached hydrogens (primary N) is 1. The van der Waals surface area contributed by atoms with Gasteiger partial charge in [0.2, 0.25) is 11.8 Å². The van der Waals surface area contributed by atoms with Gasteiger partial charge in [-0.3, -0.25) is 9.59 Å². The minimum absolute atomic E-state index is 0.227. The second kappa shape index (κ2) is 4.02. The zero-order valence-corrected chi connectivity index (χ0v) is 9.31. The van der Waals surface area contributed by atoms with Crippen molar-refractivity contribution in [2.75, 3.05) is 13.1 Å². The van der Waals surface area contributed by atoms with Crippen molar-refractivity contribution >= 4 is 11.8 Å². The molecule has 0 radical (unpaired) electrons. The molecule has 0 unspecified atom stereocenters. The number of primary amides is 1. The zero-order valence-electron chi connectivity index (χ0n) is 9.31. The molecule has 0 aromatic carbocycles. The van der Waals surface area contributed by atoms with E-state index in [-0.39, 0.29) is 5.91 Å². The van der Waals surface area contributed by atoms with Gasteiger partial charge in [-0.25, -0.2) is 0 Å². The van der Waals surface area contributed by atoms with E-state index in [1.807, 2.05) is 0 Å². The molecule has 84 valence electrons. The summed E-state index contributed by atoms with van der Waals surface area (Å²) in [7, 11) is 0. The van der Waals surface area contributed by atoms with Gasteiger partial charge in [0.25, 0.3) is 0 Å². The second-order valence-corrected chi connectivity index (χ2v) is 4.28. The van der Waals surface area contributed by atoms with Crippen LogP contribution in [0.25, 0.3) is 0 Å². The quantitative estimate of drug-likeness (QED) is 0.539. The topological polar surface area (TPSA) is 84.2 Å². The van der Waals surface area contributed by atoms with Crippen LogP contribution in [0.1, 0.15) is 20.8 Å². The summed E-state index contributed by atoms with van der Waals surface area (Å²) < 4.78 is 0. The van der Waals surface area contributed by atoms with Crippen LogP contribution in [0.4, 0.5) is 0 Å². The lowest BCUT2D eigenvalue weighted by Gasteiger charge is -2.25. The number of hydrogen-bond acceptors (Lipinski definition) is 3. The molecular formula is C10H17N3O2. The van der Waals surface area contributed by atoms with Gasteiger partial charge in [0.1, 0.15) is 5.54 Å². The fraction of sp³-hybridized carbons (Fsp3) is 0.600. The van der Waals surface area contributed by atoms with E-state index in [0.717, 1.165) is 18.7 Å². The molecule has 15 heavy (non-hydrogen) atoms. The normalized spacial score (nSPS) is 15.5. The molecular weight excluding hydrogens is 194 g/mol. The number of carbonyl (C=O) groups is 2. The van der Waals surface area contributed by atoms with Gasteiger partial charge in [-0.05, 0) is 26.3 Å². The maximum Gasteiger partial charge on any atom is 0.247 e. The first-order valence-corrected chi connectivity index (χ1v) is 4.86. The molecule has 1 aliphatic rings. The Labute approximate surface area is 89.1 Å². The molecule has 1 fully saturated rings. The Morgan fingerprint density at radius 2 is 1.93 bits per heavy atom. The predicted octanol–water partition coefficient (Wildman–Crippen LogP) is -0.714. The van der Waals surface area contributed by atoms with E-state index in [4.69, 9.17) is 5.73 Å². The van der Waals surface area contributed by atoms with Gasteiger partial charge in [-0.2, -0.15) is 0 Å². The third-order valence-corrected chi connectivity index (χ3v) is 2.59. The number of rotatable bonds is 3. The number of amides is 2. The summed E-state index contributed by atoms with van der Waals surface area (Å²) in [4.78, 5) is 22.7. The maximum atomic E-state index is 11.7. The van der Waals surface area contributed by atoms with Crippen molar-refractivity contribution in [3.63, 3.8) is 0 Å². The lowest BCUT2D eigenvalue weighted by Crippen LogP contribution is -2.53. The fourth-order valence-corrected chi connectivity index (χ4v) is 1.11. The molecule has 1 heterocycles. The van der Waals surface area contributed by atoms with Crippen LogP contribution in [0, 0.1) is 0 Å². The van der Waals surface area contributed by atoms with Crippen LogP contribution in [-0.4, -0.2) is 30.4 Å². The van der Waals surface area contributed by atoms with Crippen LogP contribution in [0.5, 0.6) is 0 Å². The van der Waals surface area contributed by atoms with E-state index in [2.05, 4.69) is 10.6 Å².